The van der Waals surface area contributed by atoms with Gasteiger partial charge < -0.3 is 9.80 Å². The smallest absolute Gasteiger partial charge is 0.241 e. The quantitative estimate of drug-likeness (QED) is 0.734. The maximum Gasteiger partial charge on any atom is 0.241 e. The number of aryl methyl sites for hydroxylation is 3. The van der Waals surface area contributed by atoms with E-state index in [1.165, 1.54) is 0 Å². The summed E-state index contributed by atoms with van der Waals surface area (Å²) in [6.07, 6.45) is 0.139. The van der Waals surface area contributed by atoms with Gasteiger partial charge in [0.1, 0.15) is 0 Å². The molecule has 1 aliphatic rings. The van der Waals surface area contributed by atoms with Crippen LogP contribution in [0.4, 0.5) is 5.69 Å². The van der Waals surface area contributed by atoms with Crippen molar-refractivity contribution < 1.29 is 13.2 Å². The van der Waals surface area contributed by atoms with Crippen LogP contribution in [0, 0.1) is 20.8 Å². The number of benzene rings is 2. The summed E-state index contributed by atoms with van der Waals surface area (Å²) in [6.45, 7) is 8.26. The van der Waals surface area contributed by atoms with Crippen LogP contribution in [0.15, 0.2) is 41.3 Å². The number of rotatable bonds is 6. The van der Waals surface area contributed by atoms with E-state index in [0.717, 1.165) is 24.3 Å². The number of carbonyl (C=O) groups is 1. The highest BCUT2D eigenvalue weighted by Crippen LogP contribution is 2.22. The summed E-state index contributed by atoms with van der Waals surface area (Å²) in [7, 11) is -3.66. The molecule has 0 unspecified atom stereocenters. The zero-order chi connectivity index (χ0) is 21.9. The highest BCUT2D eigenvalue weighted by Gasteiger charge is 2.23. The average Bonchev–Trinajstić information content (AvgIpc) is 2.67. The van der Waals surface area contributed by atoms with Crippen molar-refractivity contribution in [3.05, 3.63) is 58.1 Å². The summed E-state index contributed by atoms with van der Waals surface area (Å²) in [5, 5.41) is 0.692. The largest absolute Gasteiger partial charge is 0.368 e. The van der Waals surface area contributed by atoms with Gasteiger partial charge in [0.2, 0.25) is 15.9 Å². The van der Waals surface area contributed by atoms with E-state index in [1.54, 1.807) is 18.7 Å². The second kappa shape index (κ2) is 9.37. The van der Waals surface area contributed by atoms with E-state index in [2.05, 4.69) is 9.62 Å². The van der Waals surface area contributed by atoms with Gasteiger partial charge in [-0.25, -0.2) is 13.1 Å². The fourth-order valence-corrected chi connectivity index (χ4v) is 5.67. The molecule has 2 aromatic carbocycles. The summed E-state index contributed by atoms with van der Waals surface area (Å²) in [6, 6.07) is 11.4. The molecule has 6 nitrogen and oxygen atoms in total. The lowest BCUT2D eigenvalue weighted by Gasteiger charge is -2.36. The third-order valence-electron chi connectivity index (χ3n) is 5.31. The van der Waals surface area contributed by atoms with Crippen molar-refractivity contribution in [2.75, 3.05) is 37.6 Å². The van der Waals surface area contributed by atoms with Gasteiger partial charge >= 0.3 is 0 Å². The molecule has 2 aromatic rings. The van der Waals surface area contributed by atoms with E-state index in [4.69, 9.17) is 11.6 Å². The zero-order valence-electron chi connectivity index (χ0n) is 17.6. The monoisotopic (exact) mass is 449 g/mol. The Morgan fingerprint density at radius 2 is 1.67 bits per heavy atom. The standard InChI is InChI=1S/C22H28ClN3O3S/c1-16-13-17(2)22(18(3)14-16)30(28,29)24-8-7-21(27)26-11-9-25(10-12-26)20-6-4-5-19(23)15-20/h4-6,13-15,24H,7-12H2,1-3H3. The van der Waals surface area contributed by atoms with Crippen LogP contribution in [0.3, 0.4) is 0 Å². The number of sulfonamides is 1. The van der Waals surface area contributed by atoms with Crippen LogP contribution >= 0.6 is 11.6 Å². The highest BCUT2D eigenvalue weighted by atomic mass is 35.5. The molecule has 1 heterocycles. The number of halogens is 1. The number of hydrogen-bond donors (Lipinski definition) is 1. The number of carbonyl (C=O) groups excluding carboxylic acids is 1. The van der Waals surface area contributed by atoms with Crippen molar-refractivity contribution in [3.63, 3.8) is 0 Å². The number of piperazine rings is 1. The zero-order valence-corrected chi connectivity index (χ0v) is 19.2. The van der Waals surface area contributed by atoms with E-state index in [-0.39, 0.29) is 18.9 Å². The van der Waals surface area contributed by atoms with E-state index in [9.17, 15) is 13.2 Å². The lowest BCUT2D eigenvalue weighted by atomic mass is 10.1. The van der Waals surface area contributed by atoms with Gasteiger partial charge in [-0.2, -0.15) is 0 Å². The molecule has 3 rings (SSSR count). The van der Waals surface area contributed by atoms with Crippen molar-refractivity contribution in [1.82, 2.24) is 9.62 Å². The number of amides is 1. The highest BCUT2D eigenvalue weighted by molar-refractivity contribution is 7.89. The second-order valence-electron chi connectivity index (χ2n) is 7.72. The SMILES string of the molecule is Cc1cc(C)c(S(=O)(=O)NCCC(=O)N2CCN(c3cccc(Cl)c3)CC2)c(C)c1. The first kappa shape index (κ1) is 22.6. The van der Waals surface area contributed by atoms with E-state index in [1.807, 2.05) is 43.3 Å². The molecule has 0 bridgehead atoms. The van der Waals surface area contributed by atoms with E-state index < -0.39 is 10.0 Å². The molecular formula is C22H28ClN3O3S. The third-order valence-corrected chi connectivity index (χ3v) is 7.31. The average molecular weight is 450 g/mol. The Labute approximate surface area is 183 Å². The third kappa shape index (κ3) is 5.33. The molecule has 1 fully saturated rings. The summed E-state index contributed by atoms with van der Waals surface area (Å²) in [5.41, 5.74) is 3.49. The molecule has 0 atom stereocenters. The van der Waals surface area contributed by atoms with Crippen molar-refractivity contribution in [2.45, 2.75) is 32.1 Å². The summed E-state index contributed by atoms with van der Waals surface area (Å²) < 4.78 is 28.0. The van der Waals surface area contributed by atoms with E-state index in [0.29, 0.717) is 34.1 Å². The molecule has 1 saturated heterocycles. The first-order valence-electron chi connectivity index (χ1n) is 10.0. The van der Waals surface area contributed by atoms with Gasteiger partial charge in [0.15, 0.2) is 0 Å². The maximum atomic E-state index is 12.7. The topological polar surface area (TPSA) is 69.7 Å². The fraction of sp³-hybridized carbons (Fsp3) is 0.409. The van der Waals surface area contributed by atoms with Gasteiger partial charge in [-0.15, -0.1) is 0 Å². The predicted octanol–water partition coefficient (Wildman–Crippen LogP) is 3.28. The molecule has 1 amide bonds. The van der Waals surface area contributed by atoms with Crippen LogP contribution in [0.5, 0.6) is 0 Å². The van der Waals surface area contributed by atoms with Crippen LogP contribution in [0.25, 0.3) is 0 Å². The van der Waals surface area contributed by atoms with Gasteiger partial charge in [0.05, 0.1) is 4.90 Å². The molecule has 0 saturated carbocycles. The van der Waals surface area contributed by atoms with Crippen molar-refractivity contribution >= 4 is 33.2 Å². The second-order valence-corrected chi connectivity index (χ2v) is 9.86. The molecule has 162 valence electrons. The maximum absolute atomic E-state index is 12.7. The van der Waals surface area contributed by atoms with Crippen LogP contribution in [0.1, 0.15) is 23.1 Å². The molecule has 30 heavy (non-hydrogen) atoms. The number of nitrogens with zero attached hydrogens (tertiary/aromatic N) is 2. The Hall–Kier alpha value is -2.09. The molecule has 8 heteroatoms. The van der Waals surface area contributed by atoms with E-state index >= 15 is 0 Å². The van der Waals surface area contributed by atoms with Crippen LogP contribution in [-0.2, 0) is 14.8 Å². The number of hydrogen-bond acceptors (Lipinski definition) is 4. The Morgan fingerprint density at radius 3 is 2.27 bits per heavy atom. The van der Waals surface area contributed by atoms with Gasteiger partial charge in [-0.1, -0.05) is 35.4 Å². The lowest BCUT2D eigenvalue weighted by Crippen LogP contribution is -2.49. The van der Waals surface area contributed by atoms with Crippen molar-refractivity contribution in [2.24, 2.45) is 0 Å². The van der Waals surface area contributed by atoms with Gasteiger partial charge in [-0.05, 0) is 50.1 Å². The summed E-state index contributed by atoms with van der Waals surface area (Å²) in [4.78, 5) is 16.8. The van der Waals surface area contributed by atoms with Crippen LogP contribution < -0.4 is 9.62 Å². The van der Waals surface area contributed by atoms with Crippen LogP contribution in [0.2, 0.25) is 5.02 Å². The molecule has 0 aromatic heterocycles. The molecule has 1 N–H and O–H groups in total. The minimum Gasteiger partial charge on any atom is -0.368 e. The lowest BCUT2D eigenvalue weighted by molar-refractivity contribution is -0.131. The molecule has 0 spiro atoms. The Kier molecular flexibility index (Phi) is 7.06. The van der Waals surface area contributed by atoms with Gasteiger partial charge in [0, 0.05) is 49.9 Å². The molecule has 0 aliphatic carbocycles. The van der Waals surface area contributed by atoms with Gasteiger partial charge in [-0.3, -0.25) is 4.79 Å². The van der Waals surface area contributed by atoms with Crippen molar-refractivity contribution in [1.29, 1.82) is 0 Å². The molecule has 1 aliphatic heterocycles. The Morgan fingerprint density at radius 1 is 1.03 bits per heavy atom. The summed E-state index contributed by atoms with van der Waals surface area (Å²) >= 11 is 6.06. The number of anilines is 1. The first-order valence-corrected chi connectivity index (χ1v) is 11.9. The minimum atomic E-state index is -3.66. The number of nitrogens with one attached hydrogen (secondary N) is 1. The minimum absolute atomic E-state index is 0.0409. The normalized spacial score (nSPS) is 14.8. The van der Waals surface area contributed by atoms with Crippen molar-refractivity contribution in [3.8, 4) is 0 Å². The first-order chi connectivity index (χ1) is 14.2. The predicted molar refractivity (Wildman–Crippen MR) is 121 cm³/mol. The molecular weight excluding hydrogens is 422 g/mol. The fourth-order valence-electron chi connectivity index (χ4n) is 4.00. The van der Waals surface area contributed by atoms with Crippen LogP contribution in [-0.4, -0.2) is 51.9 Å². The Bertz CT molecular complexity index is 1010. The molecule has 0 radical (unpaired) electrons. The van der Waals surface area contributed by atoms with Gasteiger partial charge in [0.25, 0.3) is 0 Å². The Balaban J connectivity index is 1.52. The summed E-state index contributed by atoms with van der Waals surface area (Å²) in [5.74, 6) is -0.0409.